The molecule has 0 radical (unpaired) electrons. The van der Waals surface area contributed by atoms with Crippen LogP contribution in [0.4, 0.5) is 0 Å². The van der Waals surface area contributed by atoms with Crippen LogP contribution < -0.4 is 4.72 Å². The van der Waals surface area contributed by atoms with Gasteiger partial charge in [-0.2, -0.15) is 0 Å². The average Bonchev–Trinajstić information content (AvgIpc) is 2.54. The number of hydrogen-bond acceptors (Lipinski definition) is 2. The van der Waals surface area contributed by atoms with Gasteiger partial charge in [0.15, 0.2) is 0 Å². The summed E-state index contributed by atoms with van der Waals surface area (Å²) in [6, 6.07) is 8.96. The summed E-state index contributed by atoms with van der Waals surface area (Å²) in [5.41, 5.74) is 0.215. The second-order valence-corrected chi connectivity index (χ2v) is 10.3. The van der Waals surface area contributed by atoms with Crippen LogP contribution in [-0.4, -0.2) is 14.5 Å². The molecular weight excluding hydrogens is 318 g/mol. The highest BCUT2D eigenvalue weighted by Crippen LogP contribution is 2.61. The highest BCUT2D eigenvalue weighted by atomic mass is 32.2. The minimum absolute atomic E-state index is 0.0982. The molecule has 4 fully saturated rings. The fourth-order valence-corrected chi connectivity index (χ4v) is 7.63. The van der Waals surface area contributed by atoms with Crippen molar-refractivity contribution in [2.24, 2.45) is 23.2 Å². The predicted molar refractivity (Wildman–Crippen MR) is 96.1 cm³/mol. The Morgan fingerprint density at radius 3 is 2.08 bits per heavy atom. The van der Waals surface area contributed by atoms with Crippen molar-refractivity contribution in [3.05, 3.63) is 30.3 Å². The summed E-state index contributed by atoms with van der Waals surface area (Å²) in [6.45, 7) is 2.17. The van der Waals surface area contributed by atoms with Gasteiger partial charge >= 0.3 is 0 Å². The van der Waals surface area contributed by atoms with Crippen LogP contribution in [0.15, 0.2) is 35.2 Å². The standard InChI is InChI=1S/C20H29NO2S/c1-2-6-19(21-24(22,23)18-7-4-3-5-8-18)20-12-15-9-16(13-20)11-17(10-15)14-20/h3-5,7-8,15-17,19,21H,2,6,9-14H2,1H3/t15?,16?,17?,19-,20?/m0/s1. The molecule has 0 aromatic heterocycles. The van der Waals surface area contributed by atoms with E-state index in [1.165, 1.54) is 38.5 Å². The number of sulfonamides is 1. The second kappa shape index (κ2) is 6.14. The van der Waals surface area contributed by atoms with Gasteiger partial charge in [0.05, 0.1) is 4.90 Å². The maximum absolute atomic E-state index is 12.9. The second-order valence-electron chi connectivity index (χ2n) is 8.56. The van der Waals surface area contributed by atoms with Gasteiger partial charge in [0.2, 0.25) is 10.0 Å². The molecule has 4 aliphatic carbocycles. The SMILES string of the molecule is CCC[C@H](NS(=O)(=O)c1ccccc1)C12CC3CC(CC(C3)C1)C2. The zero-order valence-corrected chi connectivity index (χ0v) is 15.4. The van der Waals surface area contributed by atoms with Crippen LogP contribution in [0.2, 0.25) is 0 Å². The zero-order chi connectivity index (χ0) is 16.8. The van der Waals surface area contributed by atoms with Gasteiger partial charge in [-0.15, -0.1) is 0 Å². The van der Waals surface area contributed by atoms with Gasteiger partial charge in [-0.1, -0.05) is 31.5 Å². The van der Waals surface area contributed by atoms with Crippen molar-refractivity contribution < 1.29 is 8.42 Å². The number of benzene rings is 1. The molecule has 1 aromatic carbocycles. The lowest BCUT2D eigenvalue weighted by atomic mass is 9.47. The summed E-state index contributed by atoms with van der Waals surface area (Å²) < 4.78 is 28.9. The molecule has 0 unspecified atom stereocenters. The topological polar surface area (TPSA) is 46.2 Å². The third kappa shape index (κ3) is 2.92. The van der Waals surface area contributed by atoms with Gasteiger partial charge in [-0.05, 0) is 80.2 Å². The Hall–Kier alpha value is -0.870. The molecule has 3 nitrogen and oxygen atoms in total. The molecule has 4 aliphatic rings. The summed E-state index contributed by atoms with van der Waals surface area (Å²) in [7, 11) is -3.43. The summed E-state index contributed by atoms with van der Waals surface area (Å²) in [5.74, 6) is 2.53. The minimum atomic E-state index is -3.43. The molecule has 4 bridgehead atoms. The van der Waals surface area contributed by atoms with Gasteiger partial charge in [0, 0.05) is 6.04 Å². The molecule has 132 valence electrons. The van der Waals surface area contributed by atoms with Crippen LogP contribution in [0.1, 0.15) is 58.3 Å². The Labute approximate surface area is 146 Å². The van der Waals surface area contributed by atoms with Gasteiger partial charge in [-0.3, -0.25) is 0 Å². The first-order chi connectivity index (χ1) is 11.5. The Kier molecular flexibility index (Phi) is 4.24. The van der Waals surface area contributed by atoms with E-state index in [1.54, 1.807) is 24.3 Å². The molecule has 0 aliphatic heterocycles. The predicted octanol–water partition coefficient (Wildman–Crippen LogP) is 4.35. The average molecular weight is 348 g/mol. The van der Waals surface area contributed by atoms with Crippen LogP contribution in [0, 0.1) is 23.2 Å². The normalized spacial score (nSPS) is 36.0. The summed E-state index contributed by atoms with van der Waals surface area (Å²) in [5, 5.41) is 0. The van der Waals surface area contributed by atoms with Crippen molar-refractivity contribution in [1.29, 1.82) is 0 Å². The molecule has 4 heteroatoms. The number of hydrogen-bond donors (Lipinski definition) is 1. The molecular formula is C20H29NO2S. The van der Waals surface area contributed by atoms with Crippen molar-refractivity contribution in [2.75, 3.05) is 0 Å². The first kappa shape index (κ1) is 16.6. The van der Waals surface area contributed by atoms with E-state index in [0.29, 0.717) is 4.90 Å². The Balaban J connectivity index is 1.61. The van der Waals surface area contributed by atoms with E-state index in [9.17, 15) is 8.42 Å². The van der Waals surface area contributed by atoms with Gasteiger partial charge < -0.3 is 0 Å². The minimum Gasteiger partial charge on any atom is -0.208 e. The molecule has 0 spiro atoms. The quantitative estimate of drug-likeness (QED) is 0.831. The van der Waals surface area contributed by atoms with E-state index in [0.717, 1.165) is 30.6 Å². The zero-order valence-electron chi connectivity index (χ0n) is 14.6. The first-order valence-corrected chi connectivity index (χ1v) is 11.1. The largest absolute Gasteiger partial charge is 0.240 e. The van der Waals surface area contributed by atoms with Gasteiger partial charge in [0.1, 0.15) is 0 Å². The third-order valence-electron chi connectivity index (χ3n) is 6.75. The molecule has 0 amide bonds. The van der Waals surface area contributed by atoms with E-state index in [2.05, 4.69) is 11.6 Å². The van der Waals surface area contributed by atoms with E-state index in [-0.39, 0.29) is 11.5 Å². The molecule has 1 atom stereocenters. The highest BCUT2D eigenvalue weighted by molar-refractivity contribution is 7.89. The Morgan fingerprint density at radius 1 is 1.04 bits per heavy atom. The number of nitrogens with one attached hydrogen (secondary N) is 1. The van der Waals surface area contributed by atoms with Crippen LogP contribution in [0.3, 0.4) is 0 Å². The summed E-state index contributed by atoms with van der Waals surface area (Å²) in [4.78, 5) is 0.399. The lowest BCUT2D eigenvalue weighted by Gasteiger charge is -2.59. The molecule has 0 heterocycles. The van der Waals surface area contributed by atoms with Crippen LogP contribution in [-0.2, 0) is 10.0 Å². The monoisotopic (exact) mass is 347 g/mol. The maximum atomic E-state index is 12.9. The van der Waals surface area contributed by atoms with Crippen molar-refractivity contribution in [1.82, 2.24) is 4.72 Å². The van der Waals surface area contributed by atoms with Crippen molar-refractivity contribution >= 4 is 10.0 Å². The molecule has 1 N–H and O–H groups in total. The van der Waals surface area contributed by atoms with Crippen LogP contribution in [0.5, 0.6) is 0 Å². The first-order valence-electron chi connectivity index (χ1n) is 9.58. The lowest BCUT2D eigenvalue weighted by molar-refractivity contribution is -0.0712. The third-order valence-corrected chi connectivity index (χ3v) is 8.24. The Bertz CT molecular complexity index is 648. The summed E-state index contributed by atoms with van der Waals surface area (Å²) in [6.07, 6.45) is 9.88. The van der Waals surface area contributed by atoms with Crippen molar-refractivity contribution in [3.8, 4) is 0 Å². The fraction of sp³-hybridized carbons (Fsp3) is 0.700. The molecule has 5 rings (SSSR count). The van der Waals surface area contributed by atoms with Crippen LogP contribution in [0.25, 0.3) is 0 Å². The lowest BCUT2D eigenvalue weighted by Crippen LogP contribution is -2.56. The van der Waals surface area contributed by atoms with E-state index >= 15 is 0 Å². The van der Waals surface area contributed by atoms with Gasteiger partial charge in [-0.25, -0.2) is 13.1 Å². The molecule has 1 aromatic rings. The van der Waals surface area contributed by atoms with E-state index < -0.39 is 10.0 Å². The maximum Gasteiger partial charge on any atom is 0.240 e. The molecule has 24 heavy (non-hydrogen) atoms. The summed E-state index contributed by atoms with van der Waals surface area (Å²) >= 11 is 0. The van der Waals surface area contributed by atoms with E-state index in [1.807, 2.05) is 6.07 Å². The van der Waals surface area contributed by atoms with Crippen LogP contribution >= 0.6 is 0 Å². The smallest absolute Gasteiger partial charge is 0.208 e. The number of rotatable bonds is 6. The molecule has 0 saturated heterocycles. The van der Waals surface area contributed by atoms with Crippen molar-refractivity contribution in [2.45, 2.75) is 69.2 Å². The highest BCUT2D eigenvalue weighted by Gasteiger charge is 2.54. The van der Waals surface area contributed by atoms with Gasteiger partial charge in [0.25, 0.3) is 0 Å². The Morgan fingerprint density at radius 2 is 1.58 bits per heavy atom. The van der Waals surface area contributed by atoms with E-state index in [4.69, 9.17) is 0 Å². The van der Waals surface area contributed by atoms with Crippen molar-refractivity contribution in [3.63, 3.8) is 0 Å². The fourth-order valence-electron chi connectivity index (χ4n) is 6.24. The molecule has 4 saturated carbocycles.